The summed E-state index contributed by atoms with van der Waals surface area (Å²) < 4.78 is 0.693. The Morgan fingerprint density at radius 2 is 1.79 bits per heavy atom. The number of nitrogens with one attached hydrogen (secondary N) is 1. The molecule has 0 amide bonds. The lowest BCUT2D eigenvalue weighted by Gasteiger charge is -2.12. The Hall–Kier alpha value is -2.63. The van der Waals surface area contributed by atoms with Crippen molar-refractivity contribution in [2.24, 2.45) is 0 Å². The van der Waals surface area contributed by atoms with Gasteiger partial charge in [-0.15, -0.1) is 11.3 Å². The SMILES string of the molecule is CN(C)CCCCCc1ccc(-c2c(O)ccc3[nH]c(=O)c4sccc4c23)cc1. The van der Waals surface area contributed by atoms with Crippen LogP contribution in [-0.4, -0.2) is 35.6 Å². The van der Waals surface area contributed by atoms with Crippen LogP contribution in [0.2, 0.25) is 0 Å². The number of thiophene rings is 1. The van der Waals surface area contributed by atoms with Crippen LogP contribution in [0.15, 0.2) is 52.6 Å². The molecule has 4 rings (SSSR count). The van der Waals surface area contributed by atoms with Crippen LogP contribution in [0.3, 0.4) is 0 Å². The molecular formula is C24H26N2O2S. The van der Waals surface area contributed by atoms with Crippen LogP contribution in [0.1, 0.15) is 24.8 Å². The molecular weight excluding hydrogens is 380 g/mol. The molecule has 0 atom stereocenters. The average molecular weight is 407 g/mol. The number of hydrogen-bond donors (Lipinski definition) is 2. The molecule has 0 spiro atoms. The summed E-state index contributed by atoms with van der Waals surface area (Å²) in [5.41, 5.74) is 3.72. The highest BCUT2D eigenvalue weighted by atomic mass is 32.1. The fraction of sp³-hybridized carbons (Fsp3) is 0.292. The lowest BCUT2D eigenvalue weighted by Crippen LogP contribution is -2.12. The average Bonchev–Trinajstić information content (AvgIpc) is 3.19. The van der Waals surface area contributed by atoms with E-state index in [-0.39, 0.29) is 11.3 Å². The number of aryl methyl sites for hydroxylation is 1. The monoisotopic (exact) mass is 406 g/mol. The molecule has 0 fully saturated rings. The summed E-state index contributed by atoms with van der Waals surface area (Å²) in [6.45, 7) is 1.14. The van der Waals surface area contributed by atoms with Crippen LogP contribution in [0.25, 0.3) is 32.1 Å². The normalized spacial score (nSPS) is 11.7. The van der Waals surface area contributed by atoms with Gasteiger partial charge in [-0.25, -0.2) is 0 Å². The fourth-order valence-corrected chi connectivity index (χ4v) is 4.70. The second kappa shape index (κ2) is 8.39. The second-order valence-electron chi connectivity index (χ2n) is 7.81. The Bertz CT molecular complexity index is 1190. The number of phenols is 1. The number of aromatic hydroxyl groups is 1. The first-order chi connectivity index (χ1) is 14.0. The van der Waals surface area contributed by atoms with Gasteiger partial charge >= 0.3 is 0 Å². The lowest BCUT2D eigenvalue weighted by molar-refractivity contribution is 0.391. The molecule has 29 heavy (non-hydrogen) atoms. The number of hydrogen-bond acceptors (Lipinski definition) is 4. The van der Waals surface area contributed by atoms with Gasteiger partial charge in [-0.3, -0.25) is 4.79 Å². The lowest BCUT2D eigenvalue weighted by atomic mass is 9.96. The first-order valence-electron chi connectivity index (χ1n) is 10.0. The number of benzene rings is 2. The molecule has 0 aliphatic carbocycles. The van der Waals surface area contributed by atoms with Gasteiger partial charge < -0.3 is 15.0 Å². The number of unbranched alkanes of at least 4 members (excludes halogenated alkanes) is 2. The van der Waals surface area contributed by atoms with E-state index in [4.69, 9.17) is 0 Å². The van der Waals surface area contributed by atoms with Crippen LogP contribution in [0.4, 0.5) is 0 Å². The highest BCUT2D eigenvalue weighted by molar-refractivity contribution is 7.17. The van der Waals surface area contributed by atoms with Crippen molar-refractivity contribution in [2.75, 3.05) is 20.6 Å². The van der Waals surface area contributed by atoms with E-state index in [2.05, 4.69) is 48.2 Å². The number of nitrogens with zero attached hydrogens (tertiary/aromatic N) is 1. The number of pyridine rings is 1. The quantitative estimate of drug-likeness (QED) is 0.405. The molecule has 0 unspecified atom stereocenters. The van der Waals surface area contributed by atoms with Gasteiger partial charge in [-0.05, 0) is 74.6 Å². The van der Waals surface area contributed by atoms with Crippen molar-refractivity contribution in [1.29, 1.82) is 0 Å². The third-order valence-electron chi connectivity index (χ3n) is 5.39. The maximum atomic E-state index is 12.3. The Balaban J connectivity index is 1.64. The molecule has 150 valence electrons. The van der Waals surface area contributed by atoms with Crippen LogP contribution in [0.5, 0.6) is 5.75 Å². The Morgan fingerprint density at radius 1 is 1.00 bits per heavy atom. The van der Waals surface area contributed by atoms with Gasteiger partial charge in [0.1, 0.15) is 10.4 Å². The minimum absolute atomic E-state index is 0.0799. The predicted octanol–water partition coefficient (Wildman–Crippen LogP) is 5.39. The van der Waals surface area contributed by atoms with Crippen LogP contribution < -0.4 is 5.56 Å². The summed E-state index contributed by atoms with van der Waals surface area (Å²) in [7, 11) is 4.22. The summed E-state index contributed by atoms with van der Waals surface area (Å²) in [6, 6.07) is 13.8. The molecule has 0 saturated heterocycles. The number of fused-ring (bicyclic) bond motifs is 3. The van der Waals surface area contributed by atoms with Gasteiger partial charge in [0.15, 0.2) is 0 Å². The molecule has 0 aliphatic rings. The van der Waals surface area contributed by atoms with Crippen molar-refractivity contribution in [3.8, 4) is 16.9 Å². The van der Waals surface area contributed by atoms with E-state index in [0.717, 1.165) is 40.4 Å². The van der Waals surface area contributed by atoms with E-state index < -0.39 is 0 Å². The zero-order valence-electron chi connectivity index (χ0n) is 16.9. The third kappa shape index (κ3) is 4.07. The third-order valence-corrected chi connectivity index (χ3v) is 6.30. The smallest absolute Gasteiger partial charge is 0.266 e. The molecule has 4 nitrogen and oxygen atoms in total. The minimum atomic E-state index is -0.0799. The summed E-state index contributed by atoms with van der Waals surface area (Å²) in [6.07, 6.45) is 4.71. The molecule has 0 radical (unpaired) electrons. The van der Waals surface area contributed by atoms with E-state index in [1.165, 1.54) is 36.2 Å². The fourth-order valence-electron chi connectivity index (χ4n) is 3.90. The van der Waals surface area contributed by atoms with Crippen molar-refractivity contribution in [3.05, 3.63) is 63.8 Å². The van der Waals surface area contributed by atoms with Crippen molar-refractivity contribution in [2.45, 2.75) is 25.7 Å². The Kier molecular flexibility index (Phi) is 5.69. The summed E-state index contributed by atoms with van der Waals surface area (Å²) in [4.78, 5) is 17.5. The van der Waals surface area contributed by atoms with Crippen molar-refractivity contribution in [3.63, 3.8) is 0 Å². The van der Waals surface area contributed by atoms with Gasteiger partial charge in [0.25, 0.3) is 5.56 Å². The first-order valence-corrected chi connectivity index (χ1v) is 10.9. The van der Waals surface area contributed by atoms with Crippen molar-refractivity contribution in [1.82, 2.24) is 9.88 Å². The van der Waals surface area contributed by atoms with E-state index in [1.807, 2.05) is 11.4 Å². The summed E-state index contributed by atoms with van der Waals surface area (Å²) in [5.74, 6) is 0.230. The Morgan fingerprint density at radius 3 is 2.55 bits per heavy atom. The van der Waals surface area contributed by atoms with E-state index in [9.17, 15) is 9.90 Å². The van der Waals surface area contributed by atoms with Crippen LogP contribution >= 0.6 is 11.3 Å². The summed E-state index contributed by atoms with van der Waals surface area (Å²) in [5, 5.41) is 14.4. The van der Waals surface area contributed by atoms with Crippen molar-refractivity contribution < 1.29 is 5.11 Å². The van der Waals surface area contributed by atoms with Gasteiger partial charge in [-0.1, -0.05) is 30.7 Å². The van der Waals surface area contributed by atoms with Crippen LogP contribution in [0, 0.1) is 0 Å². The topological polar surface area (TPSA) is 56.3 Å². The first kappa shape index (κ1) is 19.7. The zero-order valence-corrected chi connectivity index (χ0v) is 17.7. The zero-order chi connectivity index (χ0) is 20.4. The minimum Gasteiger partial charge on any atom is -0.507 e. The second-order valence-corrected chi connectivity index (χ2v) is 8.73. The number of phenolic OH excluding ortho intramolecular Hbond substituents is 1. The largest absolute Gasteiger partial charge is 0.507 e. The van der Waals surface area contributed by atoms with E-state index >= 15 is 0 Å². The van der Waals surface area contributed by atoms with E-state index in [1.54, 1.807) is 12.1 Å². The standard InChI is InChI=1S/C24H26N2O2S/c1-26(2)14-5-3-4-6-16-7-9-17(10-8-16)21-20(27)12-11-19-22(21)18-13-15-29-23(18)24(28)25-19/h7-13,15,27H,3-6,14H2,1-2H3,(H,25,28). The number of aromatic nitrogens is 1. The van der Waals surface area contributed by atoms with Crippen LogP contribution in [-0.2, 0) is 6.42 Å². The molecule has 4 aromatic rings. The molecule has 0 saturated carbocycles. The van der Waals surface area contributed by atoms with Gasteiger partial charge in [-0.2, -0.15) is 0 Å². The molecule has 2 aromatic heterocycles. The molecule has 2 N–H and O–H groups in total. The Labute approximate surface area is 174 Å². The van der Waals surface area contributed by atoms with Gasteiger partial charge in [0.2, 0.25) is 0 Å². The highest BCUT2D eigenvalue weighted by Crippen LogP contribution is 2.39. The molecule has 2 aromatic carbocycles. The number of aromatic amines is 1. The highest BCUT2D eigenvalue weighted by Gasteiger charge is 2.15. The molecule has 0 aliphatic heterocycles. The maximum absolute atomic E-state index is 12.3. The van der Waals surface area contributed by atoms with Crippen molar-refractivity contribution >= 4 is 32.3 Å². The number of H-pyrrole nitrogens is 1. The maximum Gasteiger partial charge on any atom is 0.266 e. The van der Waals surface area contributed by atoms with Gasteiger partial charge in [0.05, 0.1) is 0 Å². The molecule has 0 bridgehead atoms. The molecule has 2 heterocycles. The number of rotatable bonds is 7. The molecule has 5 heteroatoms. The summed E-state index contributed by atoms with van der Waals surface area (Å²) >= 11 is 1.43. The predicted molar refractivity (Wildman–Crippen MR) is 123 cm³/mol. The van der Waals surface area contributed by atoms with Gasteiger partial charge in [0, 0.05) is 21.9 Å². The van der Waals surface area contributed by atoms with E-state index in [0.29, 0.717) is 4.70 Å².